The van der Waals surface area contributed by atoms with E-state index in [1.165, 1.54) is 19.3 Å². The van der Waals surface area contributed by atoms with Gasteiger partial charge in [-0.2, -0.15) is 0 Å². The lowest BCUT2D eigenvalue weighted by Crippen LogP contribution is -2.50. The van der Waals surface area contributed by atoms with Crippen molar-refractivity contribution in [3.8, 4) is 0 Å². The molecule has 2 atom stereocenters. The molecule has 0 amide bonds. The van der Waals surface area contributed by atoms with Gasteiger partial charge in [0.2, 0.25) is 0 Å². The minimum atomic E-state index is -0.891. The highest BCUT2D eigenvalue weighted by atomic mass is 16.6. The number of carboxylic acid groups (broad SMARTS) is 1. The summed E-state index contributed by atoms with van der Waals surface area (Å²) < 4.78 is 17.1. The lowest BCUT2D eigenvalue weighted by Gasteiger charge is -2.31. The molecule has 0 heterocycles. The summed E-state index contributed by atoms with van der Waals surface area (Å²) >= 11 is 0. The zero-order valence-corrected chi connectivity index (χ0v) is 33.9. The van der Waals surface area contributed by atoms with Gasteiger partial charge in [0, 0.05) is 19.3 Å². The number of carboxylic acids is 1. The zero-order chi connectivity index (χ0) is 39.3. The highest BCUT2D eigenvalue weighted by Gasteiger charge is 2.31. The van der Waals surface area contributed by atoms with Gasteiger partial charge in [0.1, 0.15) is 6.61 Å². The summed E-state index contributed by atoms with van der Waals surface area (Å²) in [4.78, 5) is 36.8. The van der Waals surface area contributed by atoms with Gasteiger partial charge >= 0.3 is 17.9 Å². The summed E-state index contributed by atoms with van der Waals surface area (Å²) in [7, 11) is 5.48. The Bertz CT molecular complexity index is 1140. The third kappa shape index (κ3) is 34.1. The number of ether oxygens (including phenoxy) is 3. The van der Waals surface area contributed by atoms with Crippen LogP contribution in [0, 0.1) is 0 Å². The Labute approximate surface area is 323 Å². The number of esters is 2. The molecular formula is C45H74NO7+. The van der Waals surface area contributed by atoms with E-state index >= 15 is 0 Å². The number of likely N-dealkylation sites (N-methyl/N-ethyl adjacent to an activating group) is 1. The molecule has 0 aromatic rings. The van der Waals surface area contributed by atoms with Crippen LogP contribution < -0.4 is 0 Å². The number of nitrogens with zero attached hydrogens (tertiary/aromatic N) is 1. The van der Waals surface area contributed by atoms with Gasteiger partial charge < -0.3 is 23.8 Å². The Hall–Kier alpha value is -3.49. The van der Waals surface area contributed by atoms with E-state index in [1.807, 2.05) is 33.3 Å². The Morgan fingerprint density at radius 2 is 1.15 bits per heavy atom. The van der Waals surface area contributed by atoms with Gasteiger partial charge in [0.15, 0.2) is 12.1 Å². The van der Waals surface area contributed by atoms with E-state index in [-0.39, 0.29) is 49.1 Å². The number of allylic oxidation sites excluding steroid dienone is 14. The number of aliphatic carboxylic acids is 1. The third-order valence-corrected chi connectivity index (χ3v) is 8.37. The third-order valence-electron chi connectivity index (χ3n) is 8.37. The Kier molecular flexibility index (Phi) is 33.2. The van der Waals surface area contributed by atoms with E-state index < -0.39 is 18.1 Å². The molecular weight excluding hydrogens is 666 g/mol. The summed E-state index contributed by atoms with van der Waals surface area (Å²) in [6.45, 7) is 4.46. The second kappa shape index (κ2) is 35.5. The van der Waals surface area contributed by atoms with Crippen molar-refractivity contribution < 1.29 is 38.2 Å². The topological polar surface area (TPSA) is 99.1 Å². The highest BCUT2D eigenvalue weighted by molar-refractivity contribution is 5.72. The molecule has 0 aliphatic heterocycles. The maximum Gasteiger partial charge on any atom is 0.362 e. The van der Waals surface area contributed by atoms with Gasteiger partial charge in [-0.15, -0.1) is 0 Å². The molecule has 0 aliphatic rings. The van der Waals surface area contributed by atoms with E-state index in [9.17, 15) is 19.5 Å². The smallest absolute Gasteiger partial charge is 0.362 e. The number of carbonyl (C=O) groups is 3. The normalized spacial score (nSPS) is 13.9. The number of unbranched alkanes of at least 4 members (excludes halogenated alkanes) is 9. The second-order valence-electron chi connectivity index (χ2n) is 14.2. The summed E-state index contributed by atoms with van der Waals surface area (Å²) in [5.41, 5.74) is 0. The first-order valence-electron chi connectivity index (χ1n) is 20.2. The van der Waals surface area contributed by atoms with Gasteiger partial charge in [-0.25, -0.2) is 4.79 Å². The largest absolute Gasteiger partial charge is 0.477 e. The molecule has 0 saturated heterocycles. The van der Waals surface area contributed by atoms with Gasteiger partial charge in [-0.1, -0.05) is 131 Å². The molecule has 53 heavy (non-hydrogen) atoms. The van der Waals surface area contributed by atoms with Crippen LogP contribution in [0.2, 0.25) is 0 Å². The second-order valence-corrected chi connectivity index (χ2v) is 14.2. The zero-order valence-electron chi connectivity index (χ0n) is 33.9. The number of carbonyl (C=O) groups excluding carboxylic acids is 2. The van der Waals surface area contributed by atoms with Crippen molar-refractivity contribution >= 4 is 17.9 Å². The molecule has 0 fully saturated rings. The SMILES string of the molecule is CC/C=C/C/C=C/C/C=C/CCCC(=O)OCC(COCCC(C(=O)O)[N+](C)(C)C)OC(=O)CCCCCCC/C=C/C=C/C=C/C=C/CCCCC. The molecule has 0 spiro atoms. The number of quaternary nitrogens is 1. The minimum absolute atomic E-state index is 0.0299. The predicted octanol–water partition coefficient (Wildman–Crippen LogP) is 10.6. The van der Waals surface area contributed by atoms with Gasteiger partial charge in [0.25, 0.3) is 0 Å². The molecule has 300 valence electrons. The van der Waals surface area contributed by atoms with Crippen molar-refractivity contribution in [2.75, 3.05) is 41.0 Å². The standard InChI is InChI=1S/C45H73NO7/c1-6-8-10-12-14-16-18-19-20-21-22-23-24-26-28-30-32-34-36-44(48)53-41(39-51-38-37-42(45(49)50)46(3,4)5)40-52-43(47)35-33-31-29-27-25-17-15-13-11-9-7-2/h9,11,14-23,27,29,41-42H,6-8,10,12-13,24-26,28,30-40H2,1-5H3/p+1/b11-9+,16-14+,17-15+,19-18+,21-20+,23-22+,29-27+. The minimum Gasteiger partial charge on any atom is -0.477 e. The van der Waals surface area contributed by atoms with Crippen LogP contribution >= 0.6 is 0 Å². The molecule has 8 heteroatoms. The first-order chi connectivity index (χ1) is 25.6. The van der Waals surface area contributed by atoms with Crippen LogP contribution in [0.3, 0.4) is 0 Å². The van der Waals surface area contributed by atoms with E-state index in [0.29, 0.717) is 12.8 Å². The average molecular weight is 741 g/mol. The summed E-state index contributed by atoms with van der Waals surface area (Å²) in [6.07, 6.45) is 44.9. The summed E-state index contributed by atoms with van der Waals surface area (Å²) in [5.74, 6) is -1.58. The van der Waals surface area contributed by atoms with Crippen molar-refractivity contribution in [1.82, 2.24) is 0 Å². The molecule has 0 aromatic carbocycles. The quantitative estimate of drug-likeness (QED) is 0.0230. The Balaban J connectivity index is 4.52. The number of rotatable bonds is 34. The van der Waals surface area contributed by atoms with Crippen molar-refractivity contribution in [3.63, 3.8) is 0 Å². The molecule has 0 rings (SSSR count). The first-order valence-corrected chi connectivity index (χ1v) is 20.2. The van der Waals surface area contributed by atoms with Crippen LogP contribution in [-0.4, -0.2) is 80.6 Å². The van der Waals surface area contributed by atoms with Crippen LogP contribution in [0.5, 0.6) is 0 Å². The van der Waals surface area contributed by atoms with Crippen molar-refractivity contribution in [2.24, 2.45) is 0 Å². The van der Waals surface area contributed by atoms with E-state index in [4.69, 9.17) is 14.2 Å². The average Bonchev–Trinajstić information content (AvgIpc) is 3.11. The van der Waals surface area contributed by atoms with Crippen LogP contribution in [0.15, 0.2) is 85.1 Å². The Morgan fingerprint density at radius 3 is 1.77 bits per heavy atom. The maximum absolute atomic E-state index is 12.7. The molecule has 0 aromatic heterocycles. The van der Waals surface area contributed by atoms with E-state index in [2.05, 4.69) is 86.8 Å². The maximum atomic E-state index is 12.7. The van der Waals surface area contributed by atoms with Crippen LogP contribution in [0.4, 0.5) is 0 Å². The van der Waals surface area contributed by atoms with Crippen molar-refractivity contribution in [2.45, 2.75) is 142 Å². The van der Waals surface area contributed by atoms with Gasteiger partial charge in [-0.05, 0) is 64.2 Å². The monoisotopic (exact) mass is 741 g/mol. The van der Waals surface area contributed by atoms with Gasteiger partial charge in [0.05, 0.1) is 34.4 Å². The van der Waals surface area contributed by atoms with Gasteiger partial charge in [-0.3, -0.25) is 9.59 Å². The predicted molar refractivity (Wildman–Crippen MR) is 220 cm³/mol. The fourth-order valence-corrected chi connectivity index (χ4v) is 5.24. The van der Waals surface area contributed by atoms with E-state index in [0.717, 1.165) is 70.6 Å². The molecule has 2 unspecified atom stereocenters. The molecule has 0 saturated carbocycles. The molecule has 8 nitrogen and oxygen atoms in total. The fourth-order valence-electron chi connectivity index (χ4n) is 5.24. The molecule has 0 bridgehead atoms. The van der Waals surface area contributed by atoms with E-state index in [1.54, 1.807) is 0 Å². The van der Waals surface area contributed by atoms with Crippen LogP contribution in [0.25, 0.3) is 0 Å². The lowest BCUT2D eigenvalue weighted by atomic mass is 10.1. The lowest BCUT2D eigenvalue weighted by molar-refractivity contribution is -0.887. The Morgan fingerprint density at radius 1 is 0.604 bits per heavy atom. The summed E-state index contributed by atoms with van der Waals surface area (Å²) in [5, 5.41) is 9.59. The molecule has 0 aliphatic carbocycles. The molecule has 0 radical (unpaired) electrons. The highest BCUT2D eigenvalue weighted by Crippen LogP contribution is 2.12. The molecule has 1 N–H and O–H groups in total. The van der Waals surface area contributed by atoms with Crippen molar-refractivity contribution in [3.05, 3.63) is 85.1 Å². The summed E-state index contributed by atoms with van der Waals surface area (Å²) in [6, 6.07) is -0.630. The van der Waals surface area contributed by atoms with Crippen LogP contribution in [0.1, 0.15) is 129 Å². The van der Waals surface area contributed by atoms with Crippen molar-refractivity contribution in [1.29, 1.82) is 0 Å². The first kappa shape index (κ1) is 49.5. The number of hydrogen-bond donors (Lipinski definition) is 1. The van der Waals surface area contributed by atoms with Crippen LogP contribution in [-0.2, 0) is 28.6 Å². The fraction of sp³-hybridized carbons (Fsp3) is 0.622. The number of hydrogen-bond acceptors (Lipinski definition) is 6.